The van der Waals surface area contributed by atoms with Gasteiger partial charge in [0, 0.05) is 15.8 Å². The smallest absolute Gasteiger partial charge is 0.339 e. The third-order valence-corrected chi connectivity index (χ3v) is 3.30. The summed E-state index contributed by atoms with van der Waals surface area (Å²) in [4.78, 5) is 11.0. The lowest BCUT2D eigenvalue weighted by atomic mass is 10.2. The number of benzene rings is 2. The number of para-hydroxylation sites is 1. The number of aromatic carboxylic acids is 1. The molecule has 4 nitrogen and oxygen atoms in total. The highest BCUT2D eigenvalue weighted by atomic mass is 127. The normalized spacial score (nSPS) is 10.1. The number of carboxylic acids is 1. The van der Waals surface area contributed by atoms with E-state index in [0.29, 0.717) is 18.9 Å². The minimum absolute atomic E-state index is 0.182. The standard InChI is InChI=1S/C15H14INO3/c16-11-4-3-5-12(10-11)17-8-9-20-14-7-2-1-6-13(14)15(18)19/h1-7,10,17H,8-9H2,(H,18,19). The van der Waals surface area contributed by atoms with E-state index in [9.17, 15) is 4.79 Å². The van der Waals surface area contributed by atoms with E-state index >= 15 is 0 Å². The van der Waals surface area contributed by atoms with Gasteiger partial charge < -0.3 is 15.2 Å². The first kappa shape index (κ1) is 14.6. The molecule has 2 aromatic rings. The Balaban J connectivity index is 1.86. The van der Waals surface area contributed by atoms with Gasteiger partial charge in [0.1, 0.15) is 17.9 Å². The van der Waals surface area contributed by atoms with Crippen molar-refractivity contribution in [2.24, 2.45) is 0 Å². The Morgan fingerprint density at radius 3 is 2.75 bits per heavy atom. The van der Waals surface area contributed by atoms with Gasteiger partial charge in [0.15, 0.2) is 0 Å². The lowest BCUT2D eigenvalue weighted by Crippen LogP contribution is -2.13. The Morgan fingerprint density at radius 2 is 2.00 bits per heavy atom. The van der Waals surface area contributed by atoms with Crippen LogP contribution < -0.4 is 10.1 Å². The molecule has 0 atom stereocenters. The second kappa shape index (κ2) is 7.14. The van der Waals surface area contributed by atoms with Gasteiger partial charge in [0.05, 0.1) is 0 Å². The fourth-order valence-corrected chi connectivity index (χ4v) is 2.27. The van der Waals surface area contributed by atoms with Crippen LogP contribution in [0.1, 0.15) is 10.4 Å². The first-order chi connectivity index (χ1) is 9.66. The van der Waals surface area contributed by atoms with E-state index < -0.39 is 5.97 Å². The molecule has 2 rings (SSSR count). The van der Waals surface area contributed by atoms with Crippen LogP contribution in [-0.4, -0.2) is 24.2 Å². The van der Waals surface area contributed by atoms with Crippen LogP contribution in [0.4, 0.5) is 5.69 Å². The molecule has 0 radical (unpaired) electrons. The van der Waals surface area contributed by atoms with Crippen molar-refractivity contribution < 1.29 is 14.6 Å². The Labute approximate surface area is 130 Å². The Morgan fingerprint density at radius 1 is 1.20 bits per heavy atom. The Kier molecular flexibility index (Phi) is 5.23. The zero-order chi connectivity index (χ0) is 14.4. The highest BCUT2D eigenvalue weighted by Gasteiger charge is 2.09. The average molecular weight is 383 g/mol. The van der Waals surface area contributed by atoms with Gasteiger partial charge in [-0.25, -0.2) is 4.79 Å². The zero-order valence-electron chi connectivity index (χ0n) is 10.7. The fraction of sp³-hybridized carbons (Fsp3) is 0.133. The third kappa shape index (κ3) is 4.12. The van der Waals surface area contributed by atoms with E-state index in [1.807, 2.05) is 24.3 Å². The number of hydrogen-bond donors (Lipinski definition) is 2. The molecule has 0 amide bonds. The van der Waals surface area contributed by atoms with E-state index in [2.05, 4.69) is 27.9 Å². The summed E-state index contributed by atoms with van der Waals surface area (Å²) < 4.78 is 6.66. The topological polar surface area (TPSA) is 58.6 Å². The summed E-state index contributed by atoms with van der Waals surface area (Å²) in [5.74, 6) is -0.587. The highest BCUT2D eigenvalue weighted by Crippen LogP contribution is 2.17. The number of carboxylic acid groups (broad SMARTS) is 1. The van der Waals surface area contributed by atoms with Crippen LogP contribution in [0.15, 0.2) is 48.5 Å². The quantitative estimate of drug-likeness (QED) is 0.593. The van der Waals surface area contributed by atoms with Crippen molar-refractivity contribution in [3.8, 4) is 5.75 Å². The predicted molar refractivity (Wildman–Crippen MR) is 86.5 cm³/mol. The summed E-state index contributed by atoms with van der Waals surface area (Å²) in [5.41, 5.74) is 1.20. The second-order valence-corrected chi connectivity index (χ2v) is 5.33. The van der Waals surface area contributed by atoms with Gasteiger partial charge in [-0.1, -0.05) is 18.2 Å². The van der Waals surface area contributed by atoms with Crippen molar-refractivity contribution >= 4 is 34.2 Å². The van der Waals surface area contributed by atoms with Gasteiger partial charge in [0.2, 0.25) is 0 Å². The maximum absolute atomic E-state index is 11.0. The van der Waals surface area contributed by atoms with E-state index in [0.717, 1.165) is 9.26 Å². The summed E-state index contributed by atoms with van der Waals surface area (Å²) in [6, 6.07) is 14.6. The van der Waals surface area contributed by atoms with E-state index in [-0.39, 0.29) is 5.56 Å². The monoisotopic (exact) mass is 383 g/mol. The van der Waals surface area contributed by atoms with E-state index in [1.165, 1.54) is 6.07 Å². The van der Waals surface area contributed by atoms with Gasteiger partial charge >= 0.3 is 5.97 Å². The first-order valence-electron chi connectivity index (χ1n) is 6.11. The van der Waals surface area contributed by atoms with Crippen molar-refractivity contribution in [1.82, 2.24) is 0 Å². The first-order valence-corrected chi connectivity index (χ1v) is 7.19. The maximum atomic E-state index is 11.0. The molecule has 0 heterocycles. The van der Waals surface area contributed by atoms with E-state index in [1.54, 1.807) is 18.2 Å². The Bertz CT molecular complexity index is 601. The molecule has 104 valence electrons. The van der Waals surface area contributed by atoms with Crippen LogP contribution in [0, 0.1) is 3.57 Å². The lowest BCUT2D eigenvalue weighted by molar-refractivity contribution is 0.0692. The van der Waals surface area contributed by atoms with Crippen molar-refractivity contribution in [3.63, 3.8) is 0 Å². The number of rotatable bonds is 6. The van der Waals surface area contributed by atoms with Crippen molar-refractivity contribution in [1.29, 1.82) is 0 Å². The highest BCUT2D eigenvalue weighted by molar-refractivity contribution is 14.1. The number of halogens is 1. The second-order valence-electron chi connectivity index (χ2n) is 4.09. The molecular weight excluding hydrogens is 369 g/mol. The van der Waals surface area contributed by atoms with E-state index in [4.69, 9.17) is 9.84 Å². The molecule has 0 unspecified atom stereocenters. The molecule has 0 saturated carbocycles. The molecule has 5 heteroatoms. The number of ether oxygens (including phenoxy) is 1. The van der Waals surface area contributed by atoms with Crippen molar-refractivity contribution in [2.75, 3.05) is 18.5 Å². The SMILES string of the molecule is O=C(O)c1ccccc1OCCNc1cccc(I)c1. The van der Waals surface area contributed by atoms with Crippen molar-refractivity contribution in [2.45, 2.75) is 0 Å². The summed E-state index contributed by atoms with van der Waals surface area (Å²) in [7, 11) is 0. The maximum Gasteiger partial charge on any atom is 0.339 e. The van der Waals surface area contributed by atoms with Crippen molar-refractivity contribution in [3.05, 3.63) is 57.7 Å². The molecule has 0 bridgehead atoms. The number of hydrogen-bond acceptors (Lipinski definition) is 3. The molecule has 2 N–H and O–H groups in total. The fourth-order valence-electron chi connectivity index (χ4n) is 1.72. The van der Waals surface area contributed by atoms with Gasteiger partial charge in [-0.15, -0.1) is 0 Å². The van der Waals surface area contributed by atoms with Gasteiger partial charge in [-0.05, 0) is 52.9 Å². The number of nitrogens with one attached hydrogen (secondary N) is 1. The van der Waals surface area contributed by atoms with Crippen LogP contribution in [0.25, 0.3) is 0 Å². The molecule has 0 aromatic heterocycles. The van der Waals surface area contributed by atoms with Gasteiger partial charge in [-0.3, -0.25) is 0 Å². The zero-order valence-corrected chi connectivity index (χ0v) is 12.8. The minimum Gasteiger partial charge on any atom is -0.491 e. The molecule has 0 aliphatic carbocycles. The lowest BCUT2D eigenvalue weighted by Gasteiger charge is -2.10. The molecule has 2 aromatic carbocycles. The summed E-state index contributed by atoms with van der Waals surface area (Å²) in [5, 5.41) is 12.3. The number of anilines is 1. The van der Waals surface area contributed by atoms with Crippen LogP contribution in [-0.2, 0) is 0 Å². The van der Waals surface area contributed by atoms with Crippen LogP contribution in [0.2, 0.25) is 0 Å². The minimum atomic E-state index is -0.980. The van der Waals surface area contributed by atoms with Crippen LogP contribution >= 0.6 is 22.6 Å². The van der Waals surface area contributed by atoms with Crippen LogP contribution in [0.5, 0.6) is 5.75 Å². The molecular formula is C15H14INO3. The Hall–Kier alpha value is -1.76. The number of carbonyl (C=O) groups is 1. The average Bonchev–Trinajstić information content (AvgIpc) is 2.44. The van der Waals surface area contributed by atoms with Crippen LogP contribution in [0.3, 0.4) is 0 Å². The molecule has 0 fully saturated rings. The van der Waals surface area contributed by atoms with Gasteiger partial charge in [0.25, 0.3) is 0 Å². The summed E-state index contributed by atoms with van der Waals surface area (Å²) in [6.45, 7) is 1.00. The summed E-state index contributed by atoms with van der Waals surface area (Å²) in [6.07, 6.45) is 0. The summed E-state index contributed by atoms with van der Waals surface area (Å²) >= 11 is 2.25. The predicted octanol–water partition coefficient (Wildman–Crippen LogP) is 3.48. The molecule has 20 heavy (non-hydrogen) atoms. The third-order valence-electron chi connectivity index (χ3n) is 2.63. The molecule has 0 aliphatic rings. The molecule has 0 spiro atoms. The largest absolute Gasteiger partial charge is 0.491 e. The van der Waals surface area contributed by atoms with Gasteiger partial charge in [-0.2, -0.15) is 0 Å². The molecule has 0 aliphatic heterocycles. The molecule has 0 saturated heterocycles.